The number of aromatic amines is 4. The maximum absolute atomic E-state index is 6.32. The van der Waals surface area contributed by atoms with E-state index in [1.54, 1.807) is 0 Å². The Morgan fingerprint density at radius 2 is 0.802 bits per heavy atom. The van der Waals surface area contributed by atoms with Gasteiger partial charge in [-0.3, -0.25) is 4.99 Å². The zero-order valence-corrected chi connectivity index (χ0v) is 64.7. The van der Waals surface area contributed by atoms with Crippen LogP contribution in [-0.4, -0.2) is 47.4 Å². The Bertz CT molecular complexity index is 6110. The molecule has 17 rings (SSSR count). The minimum atomic E-state index is -0.429. The molecule has 526 valence electrons. The van der Waals surface area contributed by atoms with E-state index >= 15 is 0 Å². The molecule has 0 radical (unpaired) electrons. The number of aliphatic imine (C=N–C) groups is 2. The van der Waals surface area contributed by atoms with Crippen molar-refractivity contribution in [3.63, 3.8) is 0 Å². The number of hydrogen-bond acceptors (Lipinski definition) is 4. The van der Waals surface area contributed by atoms with Gasteiger partial charge in [-0.05, 0) is 292 Å². The van der Waals surface area contributed by atoms with Gasteiger partial charge >= 0.3 is 0 Å². The molecule has 106 heavy (non-hydrogen) atoms. The van der Waals surface area contributed by atoms with Crippen LogP contribution in [0, 0.1) is 93.9 Å². The second-order valence-electron chi connectivity index (χ2n) is 33.7. The standard InChI is InChI=1S/C98H94N8/c1-51-39-55(5)83(56(6)40-51)91-75-33-27-69(99-75)87(65-23-19-63(20-24-65)49-97(13,14)15)71-29-35-79(101-71)93(85-59(9)43-53(3)44-60(85)10)82-48-68-90-74-32-38-78(104-74)92(84-57(7)41-52(2)42-58(84)8)76-34-28-70(100-76)88(66-25-21-64(22-26-66)50-98(16,17)18)72-30-36-80(102-72)94(86-61(11)45-54(4)46-62(86)12)81-47-67(96(90)106-81)89(95(68)105-82)73-31-37-77(91)103-73/h19-48,89,95,101-104H,49-50H2,1-18H3/b87-71-,88-70?,88-72?,90-74?,91-75+,92-76?,92-78?,93-79+,94-80?,94-81?. The number of aryl methyl sites for hydroxylation is 12. The smallest absolute Gasteiger partial charge is 0.0888 e. The van der Waals surface area contributed by atoms with Crippen LogP contribution in [0.1, 0.15) is 182 Å². The molecule has 8 heteroatoms. The largest absolute Gasteiger partial charge is 0.358 e. The molecule has 8 nitrogen and oxygen atoms in total. The lowest BCUT2D eigenvalue weighted by atomic mass is 9.75. The maximum atomic E-state index is 6.32. The van der Waals surface area contributed by atoms with Crippen molar-refractivity contribution in [3.05, 3.63) is 315 Å². The molecule has 5 aliphatic heterocycles. The van der Waals surface area contributed by atoms with Gasteiger partial charge in [0, 0.05) is 83.1 Å². The Labute approximate surface area is 623 Å². The first kappa shape index (κ1) is 67.9. The summed E-state index contributed by atoms with van der Waals surface area (Å²) in [5, 5.41) is 1.95. The Hall–Kier alpha value is -11.2. The number of H-pyrrole nitrogens is 4. The predicted octanol–water partition coefficient (Wildman–Crippen LogP) is 22.4. The normalized spacial score (nSPS) is 17.7. The summed E-state index contributed by atoms with van der Waals surface area (Å²) in [7, 11) is 0. The third-order valence-corrected chi connectivity index (χ3v) is 22.3. The molecular weight excluding hydrogens is 1290 g/mol. The first-order valence-corrected chi connectivity index (χ1v) is 37.8. The number of nitrogens with zero attached hydrogens (tertiary/aromatic N) is 4. The second-order valence-corrected chi connectivity index (χ2v) is 33.7. The van der Waals surface area contributed by atoms with E-state index in [9.17, 15) is 0 Å². The van der Waals surface area contributed by atoms with Gasteiger partial charge in [0.2, 0.25) is 0 Å². The molecule has 16 bridgehead atoms. The summed E-state index contributed by atoms with van der Waals surface area (Å²) < 4.78 is 0. The van der Waals surface area contributed by atoms with Crippen molar-refractivity contribution in [2.75, 3.05) is 0 Å². The molecule has 11 aromatic rings. The molecule has 2 atom stereocenters. The van der Waals surface area contributed by atoms with Crippen molar-refractivity contribution < 1.29 is 0 Å². The first-order valence-electron chi connectivity index (χ1n) is 37.8. The van der Waals surface area contributed by atoms with Gasteiger partial charge in [-0.1, -0.05) is 161 Å². The Morgan fingerprint density at radius 3 is 1.32 bits per heavy atom. The van der Waals surface area contributed by atoms with E-state index in [-0.39, 0.29) is 16.7 Å². The van der Waals surface area contributed by atoms with Crippen LogP contribution in [0.5, 0.6) is 0 Å². The lowest BCUT2D eigenvalue weighted by Crippen LogP contribution is -2.24. The summed E-state index contributed by atoms with van der Waals surface area (Å²) in [6.45, 7) is 40.7. The minimum Gasteiger partial charge on any atom is -0.358 e. The number of fused-ring (bicyclic) bond motifs is 16. The lowest BCUT2D eigenvalue weighted by Gasteiger charge is -2.31. The average Bonchev–Trinajstić information content (AvgIpc) is 1.55. The zero-order chi connectivity index (χ0) is 73.8. The zero-order valence-electron chi connectivity index (χ0n) is 64.7. The van der Waals surface area contributed by atoms with Crippen LogP contribution in [-0.2, 0) is 12.8 Å². The van der Waals surface area contributed by atoms with Crippen molar-refractivity contribution in [1.82, 2.24) is 29.9 Å². The quantitative estimate of drug-likeness (QED) is 0.121. The maximum Gasteiger partial charge on any atom is 0.0888 e. The number of hydrogen-bond donors (Lipinski definition) is 4. The predicted molar refractivity (Wildman–Crippen MR) is 447 cm³/mol. The minimum absolute atomic E-state index is 0.130. The van der Waals surface area contributed by atoms with Gasteiger partial charge in [0.1, 0.15) is 0 Å². The molecule has 0 amide bonds. The van der Waals surface area contributed by atoms with Crippen molar-refractivity contribution in [2.45, 2.75) is 149 Å². The molecule has 2 unspecified atom stereocenters. The highest BCUT2D eigenvalue weighted by molar-refractivity contribution is 6.34. The fourth-order valence-electron chi connectivity index (χ4n) is 18.7. The SMILES string of the molecule is Cc1cc(C)c(/C2=C3\C=CC(=N3)/C(c3ccc(CC(C)(C)C)cc3)=c3/cc/c([nH]3)=C(\c3c(C)cc(C)cc3C)C3=NC4C(=C3)c3c5nc(c(-c6c(C)cc(C)cc6C)c6ccc([nH]6)c(-c6ccc(CC(C)(C)C)cc6)c6nc(c(-c7c(C)cc(C)cc7C)c7ccc3[nH]7)C=C6)C=C5C4c3ccc2[nH]3)c(C)c1. The van der Waals surface area contributed by atoms with Gasteiger partial charge in [-0.15, -0.1) is 0 Å². The highest BCUT2D eigenvalue weighted by Gasteiger charge is 2.45. The molecule has 0 saturated heterocycles. The highest BCUT2D eigenvalue weighted by Crippen LogP contribution is 2.55. The van der Waals surface area contributed by atoms with E-state index in [1.165, 1.54) is 83.5 Å². The van der Waals surface area contributed by atoms with E-state index in [4.69, 9.17) is 20.0 Å². The number of benzene rings is 6. The fraction of sp³-hybridized carbons (Fsp3) is 0.245. The van der Waals surface area contributed by atoms with Crippen LogP contribution in [0.3, 0.4) is 0 Å². The summed E-state index contributed by atoms with van der Waals surface area (Å²) in [5.74, 6) is -0.345. The number of aromatic nitrogens is 6. The van der Waals surface area contributed by atoms with Gasteiger partial charge in [0.25, 0.3) is 0 Å². The van der Waals surface area contributed by atoms with Gasteiger partial charge in [0.15, 0.2) is 0 Å². The lowest BCUT2D eigenvalue weighted by molar-refractivity contribution is 0.411. The molecule has 6 aliphatic rings. The third kappa shape index (κ3) is 11.9. The van der Waals surface area contributed by atoms with Crippen LogP contribution in [0.4, 0.5) is 0 Å². The summed E-state index contributed by atoms with van der Waals surface area (Å²) >= 11 is 0. The average molecular weight is 1380 g/mol. The van der Waals surface area contributed by atoms with E-state index in [0.29, 0.717) is 0 Å². The van der Waals surface area contributed by atoms with Gasteiger partial charge in [-0.2, -0.15) is 0 Å². The van der Waals surface area contributed by atoms with E-state index in [0.717, 1.165) is 175 Å². The Morgan fingerprint density at radius 1 is 0.349 bits per heavy atom. The van der Waals surface area contributed by atoms with Gasteiger partial charge in [0.05, 0.1) is 51.9 Å². The van der Waals surface area contributed by atoms with Gasteiger partial charge in [-0.25, -0.2) is 15.0 Å². The third-order valence-electron chi connectivity index (χ3n) is 22.3. The molecule has 0 spiro atoms. The van der Waals surface area contributed by atoms with Crippen molar-refractivity contribution in [3.8, 4) is 33.4 Å². The van der Waals surface area contributed by atoms with E-state index in [1.807, 2.05) is 0 Å². The van der Waals surface area contributed by atoms with Crippen LogP contribution >= 0.6 is 0 Å². The highest BCUT2D eigenvalue weighted by atomic mass is 14.9. The Kier molecular flexibility index (Phi) is 16.2. The second kappa shape index (κ2) is 25.3. The molecule has 0 fully saturated rings. The molecular formula is C98H94N8. The van der Waals surface area contributed by atoms with Crippen molar-refractivity contribution in [1.29, 1.82) is 0 Å². The summed E-state index contributed by atoms with van der Waals surface area (Å²) in [6.07, 6.45) is 15.7. The van der Waals surface area contributed by atoms with Gasteiger partial charge < -0.3 is 19.9 Å². The molecule has 0 saturated carbocycles. The number of allylic oxidation sites excluding steroid dienone is 3. The van der Waals surface area contributed by atoms with Crippen molar-refractivity contribution >= 4 is 79.6 Å². The van der Waals surface area contributed by atoms with Crippen LogP contribution in [0.15, 0.2) is 180 Å². The molecule has 5 aromatic heterocycles. The summed E-state index contributed by atoms with van der Waals surface area (Å²) in [4.78, 5) is 41.0. The Balaban J connectivity index is 1.03. The van der Waals surface area contributed by atoms with Crippen LogP contribution in [0.25, 0.3) is 102 Å². The molecule has 1 aliphatic carbocycles. The van der Waals surface area contributed by atoms with Crippen molar-refractivity contribution in [2.24, 2.45) is 20.8 Å². The van der Waals surface area contributed by atoms with E-state index < -0.39 is 6.04 Å². The molecule has 4 N–H and O–H groups in total. The van der Waals surface area contributed by atoms with E-state index in [2.05, 4.69) is 327 Å². The number of nitrogens with one attached hydrogen (secondary N) is 4. The molecule has 6 aromatic carbocycles. The van der Waals surface area contributed by atoms with Crippen LogP contribution < -0.4 is 10.7 Å². The molecule has 10 heterocycles. The topological polar surface area (TPSA) is 114 Å². The number of rotatable bonds is 8. The van der Waals surface area contributed by atoms with Crippen LogP contribution in [0.2, 0.25) is 0 Å². The first-order chi connectivity index (χ1) is 50.6. The summed E-state index contributed by atoms with van der Waals surface area (Å²) in [5.41, 5.74) is 45.7. The fourth-order valence-corrected chi connectivity index (χ4v) is 18.7. The monoisotopic (exact) mass is 1380 g/mol. The summed E-state index contributed by atoms with van der Waals surface area (Å²) in [6, 6.07) is 54.8.